The highest BCUT2D eigenvalue weighted by molar-refractivity contribution is 7.17. The van der Waals surface area contributed by atoms with Crippen molar-refractivity contribution in [1.29, 1.82) is 0 Å². The third-order valence-corrected chi connectivity index (χ3v) is 5.35. The van der Waals surface area contributed by atoms with E-state index in [0.717, 1.165) is 15.8 Å². The number of hydrogen-bond donors (Lipinski definition) is 3. The maximum absolute atomic E-state index is 11.8. The zero-order chi connectivity index (χ0) is 17.6. The number of rotatable bonds is 3. The lowest BCUT2D eigenvalue weighted by molar-refractivity contribution is -0.133. The number of carboxylic acid groups (broad SMARTS) is 2. The molecular formula is C17H16N2O4S. The number of aliphatic carboxylic acids is 2. The zero-order valence-electron chi connectivity index (χ0n) is 13.4. The molecule has 7 heteroatoms. The number of hydrogen-bond acceptors (Lipinski definition) is 5. The van der Waals surface area contributed by atoms with E-state index in [9.17, 15) is 19.8 Å². The molecule has 0 aromatic carbocycles. The van der Waals surface area contributed by atoms with Crippen LogP contribution in [0, 0.1) is 6.92 Å². The molecule has 0 atom stereocenters. The predicted octanol–water partition coefficient (Wildman–Crippen LogP) is 3.01. The third kappa shape index (κ3) is 2.37. The van der Waals surface area contributed by atoms with Crippen LogP contribution in [0.5, 0.6) is 0 Å². The fraction of sp³-hybridized carbons (Fsp3) is 0.235. The molecule has 6 nitrogen and oxygen atoms in total. The summed E-state index contributed by atoms with van der Waals surface area (Å²) in [6, 6.07) is 1.81. The molecule has 3 heterocycles. The molecule has 0 unspecified atom stereocenters. The Morgan fingerprint density at radius 2 is 1.71 bits per heavy atom. The van der Waals surface area contributed by atoms with Gasteiger partial charge in [0.2, 0.25) is 0 Å². The summed E-state index contributed by atoms with van der Waals surface area (Å²) in [5, 5.41) is 24.9. The van der Waals surface area contributed by atoms with Crippen LogP contribution < -0.4 is 5.32 Å². The van der Waals surface area contributed by atoms with Crippen molar-refractivity contribution in [3.63, 3.8) is 0 Å². The molecule has 0 saturated heterocycles. The summed E-state index contributed by atoms with van der Waals surface area (Å²) in [6.45, 7) is 5.18. The average Bonchev–Trinajstić information content (AvgIpc) is 2.90. The lowest BCUT2D eigenvalue weighted by Gasteiger charge is -2.28. The van der Waals surface area contributed by atoms with Crippen LogP contribution in [0.1, 0.15) is 31.0 Å². The summed E-state index contributed by atoms with van der Waals surface area (Å²) in [5.74, 6) is -3.07. The molecule has 1 aliphatic rings. The Morgan fingerprint density at radius 1 is 1.12 bits per heavy atom. The second kappa shape index (κ2) is 5.76. The van der Waals surface area contributed by atoms with E-state index in [0.29, 0.717) is 17.0 Å². The number of nitrogens with one attached hydrogen (secondary N) is 1. The number of fused-ring (bicyclic) bond motifs is 1. The normalized spacial score (nSPS) is 15.8. The number of thiophene rings is 1. The van der Waals surface area contributed by atoms with Gasteiger partial charge in [-0.1, -0.05) is 0 Å². The number of aryl methyl sites for hydroxylation is 1. The Bertz CT molecular complexity index is 903. The minimum Gasteiger partial charge on any atom is -0.478 e. The van der Waals surface area contributed by atoms with Crippen molar-refractivity contribution in [1.82, 2.24) is 10.3 Å². The molecule has 3 rings (SSSR count). The quantitative estimate of drug-likeness (QED) is 0.791. The summed E-state index contributed by atoms with van der Waals surface area (Å²) in [7, 11) is 0. The fourth-order valence-electron chi connectivity index (χ4n) is 3.21. The first-order chi connectivity index (χ1) is 11.3. The van der Waals surface area contributed by atoms with Crippen molar-refractivity contribution in [2.75, 3.05) is 0 Å². The fourth-order valence-corrected chi connectivity index (χ4v) is 4.25. The van der Waals surface area contributed by atoms with Gasteiger partial charge in [-0.05, 0) is 43.2 Å². The summed E-state index contributed by atoms with van der Waals surface area (Å²) in [5.41, 5.74) is 2.57. The second-order valence-corrected chi connectivity index (χ2v) is 6.59. The van der Waals surface area contributed by atoms with Gasteiger partial charge in [0.25, 0.3) is 0 Å². The van der Waals surface area contributed by atoms with Gasteiger partial charge in [0.15, 0.2) is 0 Å². The maximum atomic E-state index is 11.8. The molecular weight excluding hydrogens is 328 g/mol. The largest absolute Gasteiger partial charge is 0.478 e. The molecule has 24 heavy (non-hydrogen) atoms. The Balaban J connectivity index is 2.33. The number of nitrogens with zero attached hydrogens (tertiary/aromatic N) is 1. The van der Waals surface area contributed by atoms with Gasteiger partial charge in [-0.3, -0.25) is 4.98 Å². The van der Waals surface area contributed by atoms with Gasteiger partial charge in [-0.2, -0.15) is 0 Å². The molecule has 2 aromatic heterocycles. The number of allylic oxidation sites excluding steroid dienone is 2. The van der Waals surface area contributed by atoms with Crippen molar-refractivity contribution in [2.45, 2.75) is 26.7 Å². The van der Waals surface area contributed by atoms with E-state index >= 15 is 0 Å². The first-order valence-electron chi connectivity index (χ1n) is 7.30. The minimum absolute atomic E-state index is 0.0622. The molecule has 1 aliphatic heterocycles. The van der Waals surface area contributed by atoms with Gasteiger partial charge in [-0.15, -0.1) is 11.3 Å². The highest BCUT2D eigenvalue weighted by Crippen LogP contribution is 2.43. The van der Waals surface area contributed by atoms with Crippen LogP contribution in [-0.4, -0.2) is 27.1 Å². The lowest BCUT2D eigenvalue weighted by atomic mass is 9.80. The van der Waals surface area contributed by atoms with Gasteiger partial charge < -0.3 is 15.5 Å². The van der Waals surface area contributed by atoms with Crippen LogP contribution in [-0.2, 0) is 9.59 Å². The van der Waals surface area contributed by atoms with E-state index < -0.39 is 17.9 Å². The van der Waals surface area contributed by atoms with Gasteiger partial charge >= 0.3 is 11.9 Å². The summed E-state index contributed by atoms with van der Waals surface area (Å²) >= 11 is 1.45. The highest BCUT2D eigenvalue weighted by atomic mass is 32.1. The van der Waals surface area contributed by atoms with Crippen molar-refractivity contribution in [2.24, 2.45) is 0 Å². The van der Waals surface area contributed by atoms with Crippen molar-refractivity contribution < 1.29 is 19.8 Å². The van der Waals surface area contributed by atoms with Crippen LogP contribution >= 0.6 is 11.3 Å². The number of dihydropyridines is 1. The average molecular weight is 344 g/mol. The van der Waals surface area contributed by atoms with E-state index in [1.54, 1.807) is 26.1 Å². The Morgan fingerprint density at radius 3 is 2.25 bits per heavy atom. The number of pyridine rings is 1. The molecule has 0 radical (unpaired) electrons. The van der Waals surface area contributed by atoms with Crippen LogP contribution in [0.4, 0.5) is 0 Å². The Kier molecular flexibility index (Phi) is 3.88. The Hall–Kier alpha value is -2.67. The van der Waals surface area contributed by atoms with Gasteiger partial charge in [0.05, 0.1) is 27.5 Å². The van der Waals surface area contributed by atoms with Gasteiger partial charge in [0, 0.05) is 17.6 Å². The molecule has 0 amide bonds. The first-order valence-corrected chi connectivity index (χ1v) is 8.18. The van der Waals surface area contributed by atoms with Crippen LogP contribution in [0.15, 0.2) is 40.2 Å². The van der Waals surface area contributed by atoms with E-state index in [1.165, 1.54) is 11.3 Å². The molecule has 124 valence electrons. The molecule has 0 spiro atoms. The second-order valence-electron chi connectivity index (χ2n) is 5.71. The lowest BCUT2D eigenvalue weighted by Crippen LogP contribution is -2.30. The number of carbonyl (C=O) groups is 2. The molecule has 0 fully saturated rings. The summed E-state index contributed by atoms with van der Waals surface area (Å²) in [6.07, 6.45) is 1.66. The van der Waals surface area contributed by atoms with Gasteiger partial charge in [-0.25, -0.2) is 9.59 Å². The van der Waals surface area contributed by atoms with Crippen molar-refractivity contribution in [3.05, 3.63) is 51.4 Å². The Labute approximate surface area is 142 Å². The SMILES string of the molecule is CC1=C(C(=O)O)C(c2csc3c(C)nccc23)C(C(=O)O)=C(C)N1. The zero-order valence-corrected chi connectivity index (χ0v) is 14.2. The van der Waals surface area contributed by atoms with E-state index in [1.807, 2.05) is 12.3 Å². The van der Waals surface area contributed by atoms with Crippen molar-refractivity contribution in [3.8, 4) is 0 Å². The third-order valence-electron chi connectivity index (χ3n) is 4.23. The highest BCUT2D eigenvalue weighted by Gasteiger charge is 2.37. The first kappa shape index (κ1) is 16.2. The minimum atomic E-state index is -1.12. The van der Waals surface area contributed by atoms with Crippen LogP contribution in [0.25, 0.3) is 10.1 Å². The maximum Gasteiger partial charge on any atom is 0.334 e. The summed E-state index contributed by atoms with van der Waals surface area (Å²) < 4.78 is 0.941. The number of carboxylic acids is 2. The molecule has 0 saturated carbocycles. The molecule has 3 N–H and O–H groups in total. The molecule has 0 aliphatic carbocycles. The monoisotopic (exact) mass is 344 g/mol. The molecule has 0 bridgehead atoms. The van der Waals surface area contributed by atoms with Crippen molar-refractivity contribution >= 4 is 33.4 Å². The topological polar surface area (TPSA) is 99.5 Å². The summed E-state index contributed by atoms with van der Waals surface area (Å²) in [4.78, 5) is 27.9. The van der Waals surface area contributed by atoms with E-state index in [4.69, 9.17) is 0 Å². The smallest absolute Gasteiger partial charge is 0.334 e. The molecule has 2 aromatic rings. The van der Waals surface area contributed by atoms with Gasteiger partial charge in [0.1, 0.15) is 0 Å². The van der Waals surface area contributed by atoms with E-state index in [2.05, 4.69) is 10.3 Å². The van der Waals surface area contributed by atoms with Crippen LogP contribution in [0.3, 0.4) is 0 Å². The standard InChI is InChI=1S/C17H16N2O4S/c1-7-12(16(20)21)14(13(17(22)23)8(2)19-7)11-6-24-15-9(3)18-5-4-10(11)15/h4-6,14,19H,1-3H3,(H,20,21)(H,22,23). The number of aromatic nitrogens is 1. The van der Waals surface area contributed by atoms with E-state index in [-0.39, 0.29) is 11.1 Å². The predicted molar refractivity (Wildman–Crippen MR) is 90.9 cm³/mol. The van der Waals surface area contributed by atoms with Crippen LogP contribution in [0.2, 0.25) is 0 Å².